The number of ether oxygens (including phenoxy) is 1. The Bertz CT molecular complexity index is 1560. The van der Waals surface area contributed by atoms with Crippen LogP contribution in [0.25, 0.3) is 0 Å². The number of likely N-dealkylation sites (tertiary alicyclic amines) is 1. The number of nitrogens with one attached hydrogen (secondary N) is 1. The van der Waals surface area contributed by atoms with Crippen LogP contribution in [0.15, 0.2) is 114 Å². The van der Waals surface area contributed by atoms with Crippen molar-refractivity contribution in [2.75, 3.05) is 16.8 Å². The molecule has 1 N–H and O–H groups in total. The molecule has 3 aliphatic heterocycles. The number of halogens is 2. The third-order valence-corrected chi connectivity index (χ3v) is 9.53. The maximum Gasteiger partial charge on any atom is 0.246 e. The van der Waals surface area contributed by atoms with Crippen LogP contribution in [-0.4, -0.2) is 52.2 Å². The normalized spacial score (nSPS) is 26.1. The van der Waals surface area contributed by atoms with E-state index >= 15 is 0 Å². The fourth-order valence-corrected chi connectivity index (χ4v) is 7.12. The molecule has 226 valence electrons. The van der Waals surface area contributed by atoms with Gasteiger partial charge in [0.05, 0.1) is 17.9 Å². The van der Waals surface area contributed by atoms with E-state index < -0.39 is 29.6 Å². The van der Waals surface area contributed by atoms with E-state index in [4.69, 9.17) is 4.74 Å². The smallest absolute Gasteiger partial charge is 0.246 e. The molecule has 0 bridgehead atoms. The van der Waals surface area contributed by atoms with Crippen LogP contribution < -0.4 is 10.2 Å². The van der Waals surface area contributed by atoms with Gasteiger partial charge in [0.25, 0.3) is 0 Å². The second-order valence-corrected chi connectivity index (χ2v) is 12.9. The van der Waals surface area contributed by atoms with Gasteiger partial charge in [0.1, 0.15) is 11.6 Å². The molecule has 2 fully saturated rings. The summed E-state index contributed by atoms with van der Waals surface area (Å²) in [5, 5.41) is 3.78. The third-order valence-electron chi connectivity index (χ3n) is 8.54. The highest BCUT2D eigenvalue weighted by Crippen LogP contribution is 2.53. The van der Waals surface area contributed by atoms with Crippen LogP contribution in [0, 0.1) is 11.8 Å². The first-order chi connectivity index (χ1) is 21.4. The van der Waals surface area contributed by atoms with E-state index in [9.17, 15) is 14.4 Å². The van der Waals surface area contributed by atoms with Crippen molar-refractivity contribution in [3.8, 4) is 0 Å². The number of alkyl halides is 1. The summed E-state index contributed by atoms with van der Waals surface area (Å²) in [6, 6.07) is 25.8. The molecule has 0 radical (unpaired) electrons. The SMILES string of the molecule is O=C(NCc1ccccc1)[C@@H]1N(Cc2ccccc2)C(=O)[C@H]2[C@@H]3C(=O)N(c4ccc(Br)cc4)CC=C[C@@H]3O[C@@]12/C=C\CCBr. The number of nitrogens with zero attached hydrogens (tertiary/aromatic N) is 2. The number of allylic oxidation sites excluding steroid dienone is 1. The molecule has 7 nitrogen and oxygen atoms in total. The van der Waals surface area contributed by atoms with Gasteiger partial charge in [0, 0.05) is 35.1 Å². The van der Waals surface area contributed by atoms with Gasteiger partial charge in [-0.1, -0.05) is 117 Å². The lowest BCUT2D eigenvalue weighted by molar-refractivity contribution is -0.142. The minimum Gasteiger partial charge on any atom is -0.359 e. The molecule has 3 aliphatic rings. The van der Waals surface area contributed by atoms with Gasteiger partial charge in [-0.05, 0) is 41.8 Å². The van der Waals surface area contributed by atoms with Gasteiger partial charge in [-0.2, -0.15) is 0 Å². The average molecular weight is 719 g/mol. The predicted octanol–water partition coefficient (Wildman–Crippen LogP) is 5.79. The van der Waals surface area contributed by atoms with Crippen molar-refractivity contribution < 1.29 is 19.1 Å². The molecule has 3 aromatic carbocycles. The summed E-state index contributed by atoms with van der Waals surface area (Å²) in [7, 11) is 0. The number of amides is 3. The number of benzene rings is 3. The Morgan fingerprint density at radius 3 is 2.32 bits per heavy atom. The molecule has 0 aliphatic carbocycles. The molecule has 6 rings (SSSR count). The van der Waals surface area contributed by atoms with E-state index in [1.807, 2.05) is 109 Å². The Morgan fingerprint density at radius 1 is 0.955 bits per heavy atom. The standard InChI is InChI=1S/C35H33Br2N3O4/c36-20-8-7-19-35-30(29-28(44-35)14-9-21-39(33(29)42)27-17-15-26(37)16-18-27)34(43)40(23-25-12-5-2-6-13-25)31(35)32(41)38-22-24-10-3-1-4-11-24/h1-7,9-19,28-31H,8,20-23H2,(H,38,41)/b19-7-/t28-,29+,30+,31-,35+/m0/s1. The van der Waals surface area contributed by atoms with E-state index in [1.165, 1.54) is 0 Å². The Morgan fingerprint density at radius 2 is 1.64 bits per heavy atom. The number of fused-ring (bicyclic) bond motifs is 3. The second-order valence-electron chi connectivity index (χ2n) is 11.2. The minimum atomic E-state index is -1.34. The van der Waals surface area contributed by atoms with Crippen molar-refractivity contribution in [2.24, 2.45) is 11.8 Å². The average Bonchev–Trinajstić information content (AvgIpc) is 3.41. The number of carbonyl (C=O) groups excluding carboxylic acids is 3. The van der Waals surface area contributed by atoms with Crippen LogP contribution in [-0.2, 0) is 32.2 Å². The number of hydrogen-bond acceptors (Lipinski definition) is 4. The zero-order valence-corrected chi connectivity index (χ0v) is 27.2. The number of hydrogen-bond donors (Lipinski definition) is 1. The minimum absolute atomic E-state index is 0.193. The van der Waals surface area contributed by atoms with Gasteiger partial charge in [0.2, 0.25) is 17.7 Å². The molecule has 0 unspecified atom stereocenters. The maximum atomic E-state index is 14.6. The van der Waals surface area contributed by atoms with E-state index in [0.717, 1.165) is 21.3 Å². The molecule has 3 heterocycles. The van der Waals surface area contributed by atoms with Crippen LogP contribution in [0.4, 0.5) is 5.69 Å². The fraction of sp³-hybridized carbons (Fsp3) is 0.286. The van der Waals surface area contributed by atoms with Crippen LogP contribution in [0.5, 0.6) is 0 Å². The number of anilines is 1. The van der Waals surface area contributed by atoms with Gasteiger partial charge in [-0.15, -0.1) is 0 Å². The monoisotopic (exact) mass is 717 g/mol. The summed E-state index contributed by atoms with van der Waals surface area (Å²) < 4.78 is 7.74. The summed E-state index contributed by atoms with van der Waals surface area (Å²) in [5.41, 5.74) is 1.23. The largest absolute Gasteiger partial charge is 0.359 e. The van der Waals surface area contributed by atoms with Gasteiger partial charge >= 0.3 is 0 Å². The fourth-order valence-electron chi connectivity index (χ4n) is 6.59. The lowest BCUT2D eigenvalue weighted by Crippen LogP contribution is -2.55. The first-order valence-corrected chi connectivity index (χ1v) is 16.7. The molecule has 9 heteroatoms. The third kappa shape index (κ3) is 5.80. The van der Waals surface area contributed by atoms with E-state index in [1.54, 1.807) is 9.80 Å². The summed E-state index contributed by atoms with van der Waals surface area (Å²) in [4.78, 5) is 46.6. The van der Waals surface area contributed by atoms with Crippen molar-refractivity contribution in [2.45, 2.75) is 37.3 Å². The van der Waals surface area contributed by atoms with E-state index in [0.29, 0.717) is 24.8 Å². The Kier molecular flexibility index (Phi) is 9.16. The number of rotatable bonds is 9. The zero-order valence-electron chi connectivity index (χ0n) is 24.0. The van der Waals surface area contributed by atoms with Crippen LogP contribution >= 0.6 is 31.9 Å². The molecule has 2 saturated heterocycles. The lowest BCUT2D eigenvalue weighted by atomic mass is 9.77. The van der Waals surface area contributed by atoms with Gasteiger partial charge in [0.15, 0.2) is 0 Å². The van der Waals surface area contributed by atoms with Crippen molar-refractivity contribution in [3.05, 3.63) is 125 Å². The molecule has 3 aromatic rings. The predicted molar refractivity (Wildman–Crippen MR) is 177 cm³/mol. The maximum absolute atomic E-state index is 14.6. The highest BCUT2D eigenvalue weighted by atomic mass is 79.9. The summed E-state index contributed by atoms with van der Waals surface area (Å²) >= 11 is 6.96. The Labute approximate surface area is 274 Å². The van der Waals surface area contributed by atoms with Crippen molar-refractivity contribution in [1.29, 1.82) is 0 Å². The lowest BCUT2D eigenvalue weighted by Gasteiger charge is -2.34. The molecule has 0 aromatic heterocycles. The molecule has 5 atom stereocenters. The summed E-state index contributed by atoms with van der Waals surface area (Å²) in [5.74, 6) is -2.46. The van der Waals surface area contributed by atoms with Crippen LogP contribution in [0.3, 0.4) is 0 Å². The molecular weight excluding hydrogens is 686 g/mol. The van der Waals surface area contributed by atoms with Crippen molar-refractivity contribution in [1.82, 2.24) is 10.2 Å². The molecule has 3 amide bonds. The van der Waals surface area contributed by atoms with Gasteiger partial charge in [-0.3, -0.25) is 14.4 Å². The van der Waals surface area contributed by atoms with Gasteiger partial charge < -0.3 is 19.9 Å². The van der Waals surface area contributed by atoms with Crippen LogP contribution in [0.2, 0.25) is 0 Å². The summed E-state index contributed by atoms with van der Waals surface area (Å²) in [6.07, 6.45) is 7.63. The van der Waals surface area contributed by atoms with E-state index in [-0.39, 0.29) is 24.3 Å². The zero-order chi connectivity index (χ0) is 30.7. The molecule has 44 heavy (non-hydrogen) atoms. The molecular formula is C35H33Br2N3O4. The molecule has 0 saturated carbocycles. The Hall–Kier alpha value is -3.53. The highest BCUT2D eigenvalue weighted by Gasteiger charge is 2.71. The topological polar surface area (TPSA) is 79.0 Å². The molecule has 0 spiro atoms. The van der Waals surface area contributed by atoms with Crippen LogP contribution in [0.1, 0.15) is 17.5 Å². The van der Waals surface area contributed by atoms with E-state index in [2.05, 4.69) is 37.2 Å². The first kappa shape index (κ1) is 30.5. The summed E-state index contributed by atoms with van der Waals surface area (Å²) in [6.45, 7) is 0.881. The van der Waals surface area contributed by atoms with Crippen molar-refractivity contribution in [3.63, 3.8) is 0 Å². The van der Waals surface area contributed by atoms with Gasteiger partial charge in [-0.25, -0.2) is 0 Å². The number of carbonyl (C=O) groups is 3. The van der Waals surface area contributed by atoms with Crippen molar-refractivity contribution >= 4 is 55.3 Å². The second kappa shape index (κ2) is 13.2. The first-order valence-electron chi connectivity index (χ1n) is 14.7. The quantitative estimate of drug-likeness (QED) is 0.225. The Balaban J connectivity index is 1.42. The highest BCUT2D eigenvalue weighted by molar-refractivity contribution is 9.10.